The second-order valence-electron chi connectivity index (χ2n) is 8.89. The molecule has 2 aromatic carbocycles. The summed E-state index contributed by atoms with van der Waals surface area (Å²) in [4.78, 5) is 41.4. The topological polar surface area (TPSA) is 79.0 Å². The number of nitrogens with one attached hydrogen (secondary N) is 1. The highest BCUT2D eigenvalue weighted by atomic mass is 16.6. The van der Waals surface area contributed by atoms with Gasteiger partial charge in [-0.3, -0.25) is 9.59 Å². The van der Waals surface area contributed by atoms with Gasteiger partial charge in [0.15, 0.2) is 0 Å². The summed E-state index contributed by atoms with van der Waals surface area (Å²) in [5.41, 5.74) is 1.76. The number of fused-ring (bicyclic) bond motifs is 1. The average molecular weight is 421 g/mol. The van der Waals surface area contributed by atoms with E-state index in [-0.39, 0.29) is 17.9 Å². The summed E-state index contributed by atoms with van der Waals surface area (Å²) in [5.74, 6) is -0.593. The van der Waals surface area contributed by atoms with Gasteiger partial charge in [0.2, 0.25) is 0 Å². The Balaban J connectivity index is 1.48. The molecule has 2 aromatic rings. The standard InChI is InChI=1S/C24H27N3O4/c1-24(2,3)31-23(30)25-16-12-14-26(15-13-16)19-10-6-7-11-20(19)27-21(28)17-8-4-5-9-18(17)22(27)29/h4-11,16H,12-15H2,1-3H3,(H,25,30). The van der Waals surface area contributed by atoms with Gasteiger partial charge in [-0.25, -0.2) is 9.69 Å². The first-order chi connectivity index (χ1) is 14.7. The fraction of sp³-hybridized carbons (Fsp3) is 0.375. The number of piperidine rings is 1. The Morgan fingerprint density at radius 3 is 1.97 bits per heavy atom. The van der Waals surface area contributed by atoms with Crippen molar-refractivity contribution in [2.75, 3.05) is 22.9 Å². The lowest BCUT2D eigenvalue weighted by molar-refractivity contribution is 0.0496. The maximum absolute atomic E-state index is 13.0. The molecule has 0 saturated carbocycles. The number of hydrogen-bond acceptors (Lipinski definition) is 5. The highest BCUT2D eigenvalue weighted by molar-refractivity contribution is 6.35. The van der Waals surface area contributed by atoms with Crippen LogP contribution in [0.2, 0.25) is 0 Å². The molecule has 0 aliphatic carbocycles. The number of benzene rings is 2. The maximum atomic E-state index is 13.0. The third-order valence-electron chi connectivity index (χ3n) is 5.47. The van der Waals surface area contributed by atoms with Crippen molar-refractivity contribution in [3.8, 4) is 0 Å². The largest absolute Gasteiger partial charge is 0.444 e. The van der Waals surface area contributed by atoms with Gasteiger partial charge in [-0.15, -0.1) is 0 Å². The number of imide groups is 1. The molecule has 2 aliphatic rings. The van der Waals surface area contributed by atoms with Gasteiger partial charge in [0.05, 0.1) is 22.5 Å². The number of para-hydroxylation sites is 2. The molecule has 0 aromatic heterocycles. The average Bonchev–Trinajstić information content (AvgIpc) is 2.98. The van der Waals surface area contributed by atoms with Crippen molar-refractivity contribution in [1.82, 2.24) is 5.32 Å². The Hall–Kier alpha value is -3.35. The molecule has 0 unspecified atom stereocenters. The van der Waals surface area contributed by atoms with Crippen molar-refractivity contribution in [2.24, 2.45) is 0 Å². The second-order valence-corrected chi connectivity index (χ2v) is 8.89. The monoisotopic (exact) mass is 421 g/mol. The lowest BCUT2D eigenvalue weighted by Gasteiger charge is -2.36. The molecule has 31 heavy (non-hydrogen) atoms. The van der Waals surface area contributed by atoms with Crippen molar-refractivity contribution in [3.05, 3.63) is 59.7 Å². The quantitative estimate of drug-likeness (QED) is 0.759. The Morgan fingerprint density at radius 1 is 0.903 bits per heavy atom. The van der Waals surface area contributed by atoms with Crippen LogP contribution in [-0.4, -0.2) is 42.6 Å². The minimum Gasteiger partial charge on any atom is -0.444 e. The van der Waals surface area contributed by atoms with Crippen molar-refractivity contribution in [1.29, 1.82) is 0 Å². The van der Waals surface area contributed by atoms with Crippen LogP contribution in [0, 0.1) is 0 Å². The highest BCUT2D eigenvalue weighted by Crippen LogP contribution is 2.36. The van der Waals surface area contributed by atoms with Gasteiger partial charge in [-0.2, -0.15) is 0 Å². The number of carbonyl (C=O) groups is 3. The van der Waals surface area contributed by atoms with Crippen LogP contribution >= 0.6 is 0 Å². The number of hydrogen-bond donors (Lipinski definition) is 1. The minimum atomic E-state index is -0.532. The molecule has 4 rings (SSSR count). The van der Waals surface area contributed by atoms with E-state index >= 15 is 0 Å². The van der Waals surface area contributed by atoms with E-state index in [0.29, 0.717) is 29.9 Å². The summed E-state index contributed by atoms with van der Waals surface area (Å²) in [5, 5.41) is 2.94. The van der Waals surface area contributed by atoms with Crippen molar-refractivity contribution in [2.45, 2.75) is 45.3 Å². The van der Waals surface area contributed by atoms with E-state index in [2.05, 4.69) is 10.2 Å². The van der Waals surface area contributed by atoms with Gasteiger partial charge < -0.3 is 15.0 Å². The van der Waals surface area contributed by atoms with E-state index < -0.39 is 11.7 Å². The van der Waals surface area contributed by atoms with Crippen LogP contribution in [0.15, 0.2) is 48.5 Å². The van der Waals surface area contributed by atoms with E-state index in [0.717, 1.165) is 18.5 Å². The van der Waals surface area contributed by atoms with Crippen molar-refractivity contribution < 1.29 is 19.1 Å². The van der Waals surface area contributed by atoms with E-state index in [1.807, 2.05) is 45.0 Å². The molecule has 7 nitrogen and oxygen atoms in total. The Kier molecular flexibility index (Phi) is 5.43. The normalized spacial score (nSPS) is 17.0. The Bertz CT molecular complexity index is 984. The van der Waals surface area contributed by atoms with Crippen LogP contribution in [-0.2, 0) is 4.74 Å². The molecule has 2 heterocycles. The summed E-state index contributed by atoms with van der Waals surface area (Å²) in [6.07, 6.45) is 1.09. The fourth-order valence-electron chi connectivity index (χ4n) is 4.07. The maximum Gasteiger partial charge on any atom is 0.407 e. The summed E-state index contributed by atoms with van der Waals surface area (Å²) >= 11 is 0. The zero-order valence-electron chi connectivity index (χ0n) is 18.1. The van der Waals surface area contributed by atoms with Crippen molar-refractivity contribution >= 4 is 29.3 Å². The SMILES string of the molecule is CC(C)(C)OC(=O)NC1CCN(c2ccccc2N2C(=O)c3ccccc3C2=O)CC1. The third kappa shape index (κ3) is 4.26. The van der Waals surface area contributed by atoms with E-state index in [1.165, 1.54) is 4.90 Å². The fourth-order valence-corrected chi connectivity index (χ4v) is 4.07. The van der Waals surface area contributed by atoms with Gasteiger partial charge in [-0.05, 0) is 57.9 Å². The van der Waals surface area contributed by atoms with Gasteiger partial charge in [0, 0.05) is 19.1 Å². The van der Waals surface area contributed by atoms with Gasteiger partial charge >= 0.3 is 6.09 Å². The van der Waals surface area contributed by atoms with Crippen molar-refractivity contribution in [3.63, 3.8) is 0 Å². The molecule has 162 valence electrons. The molecule has 1 saturated heterocycles. The number of amides is 3. The Morgan fingerprint density at radius 2 is 1.42 bits per heavy atom. The molecular formula is C24H27N3O4. The number of nitrogens with zero attached hydrogens (tertiary/aromatic N) is 2. The van der Waals surface area contributed by atoms with Gasteiger partial charge in [-0.1, -0.05) is 24.3 Å². The van der Waals surface area contributed by atoms with Crippen LogP contribution in [0.25, 0.3) is 0 Å². The summed E-state index contributed by atoms with van der Waals surface area (Å²) in [7, 11) is 0. The first-order valence-corrected chi connectivity index (χ1v) is 10.6. The third-order valence-corrected chi connectivity index (χ3v) is 5.47. The molecule has 0 spiro atoms. The molecule has 3 amide bonds. The smallest absolute Gasteiger partial charge is 0.407 e. The zero-order valence-corrected chi connectivity index (χ0v) is 18.1. The van der Waals surface area contributed by atoms with Crippen LogP contribution in [0.1, 0.15) is 54.3 Å². The van der Waals surface area contributed by atoms with Crippen LogP contribution < -0.4 is 15.1 Å². The van der Waals surface area contributed by atoms with Gasteiger partial charge in [0.1, 0.15) is 5.60 Å². The van der Waals surface area contributed by atoms with E-state index in [4.69, 9.17) is 4.74 Å². The van der Waals surface area contributed by atoms with Crippen LogP contribution in [0.5, 0.6) is 0 Å². The molecule has 1 fully saturated rings. The molecule has 0 atom stereocenters. The first kappa shape index (κ1) is 20.9. The second kappa shape index (κ2) is 8.06. The zero-order chi connectivity index (χ0) is 22.2. The Labute approximate surface area is 182 Å². The molecular weight excluding hydrogens is 394 g/mol. The number of ether oxygens (including phenoxy) is 1. The highest BCUT2D eigenvalue weighted by Gasteiger charge is 2.38. The number of alkyl carbamates (subject to hydrolysis) is 1. The molecule has 0 radical (unpaired) electrons. The molecule has 7 heteroatoms. The lowest BCUT2D eigenvalue weighted by Crippen LogP contribution is -2.46. The number of rotatable bonds is 3. The minimum absolute atomic E-state index is 0.0255. The molecule has 2 aliphatic heterocycles. The van der Waals surface area contributed by atoms with E-state index in [9.17, 15) is 14.4 Å². The predicted molar refractivity (Wildman–Crippen MR) is 119 cm³/mol. The lowest BCUT2D eigenvalue weighted by atomic mass is 10.0. The van der Waals surface area contributed by atoms with Gasteiger partial charge in [0.25, 0.3) is 11.8 Å². The van der Waals surface area contributed by atoms with E-state index in [1.54, 1.807) is 24.3 Å². The summed E-state index contributed by atoms with van der Waals surface area (Å²) < 4.78 is 5.35. The summed E-state index contributed by atoms with van der Waals surface area (Å²) in [6.45, 7) is 6.91. The molecule has 1 N–H and O–H groups in total. The summed E-state index contributed by atoms with van der Waals surface area (Å²) in [6, 6.07) is 14.4. The van der Waals surface area contributed by atoms with Crippen LogP contribution in [0.3, 0.4) is 0 Å². The first-order valence-electron chi connectivity index (χ1n) is 10.6. The molecule has 0 bridgehead atoms. The number of carbonyl (C=O) groups excluding carboxylic acids is 3. The predicted octanol–water partition coefficient (Wildman–Crippen LogP) is 3.98. The number of anilines is 2. The van der Waals surface area contributed by atoms with Crippen LogP contribution in [0.4, 0.5) is 16.2 Å².